The van der Waals surface area contributed by atoms with Gasteiger partial charge in [0.1, 0.15) is 0 Å². The van der Waals surface area contributed by atoms with E-state index in [-0.39, 0.29) is 5.78 Å². The monoisotopic (exact) mass is 278 g/mol. The van der Waals surface area contributed by atoms with Gasteiger partial charge in [0.15, 0.2) is 5.78 Å². The molecule has 1 aromatic carbocycles. The second-order valence-electron chi connectivity index (χ2n) is 3.53. The largest absolute Gasteiger partial charge is 0.332 e. The molecule has 0 saturated heterocycles. The zero-order valence-corrected chi connectivity index (χ0v) is 10.6. The fourth-order valence-corrected chi connectivity index (χ4v) is 1.98. The van der Waals surface area contributed by atoms with Gasteiger partial charge >= 0.3 is 10.2 Å². The van der Waals surface area contributed by atoms with Crippen LogP contribution in [0.15, 0.2) is 29.2 Å². The standard InChI is InChI=1S/C11H12ClFO3S/c12-8-2-1-3-11(14)9-4-6-10(7-5-9)17(13,15)16/h4-7H,1-3,8H2. The summed E-state index contributed by atoms with van der Waals surface area (Å²) in [6.07, 6.45) is 1.80. The average Bonchev–Trinajstić information content (AvgIpc) is 2.28. The van der Waals surface area contributed by atoms with Crippen LogP contribution in [-0.2, 0) is 10.2 Å². The molecule has 0 radical (unpaired) electrons. The SMILES string of the molecule is O=C(CCCCCl)c1ccc(S(=O)(=O)F)cc1. The van der Waals surface area contributed by atoms with E-state index in [0.29, 0.717) is 24.3 Å². The molecule has 0 aliphatic rings. The Hall–Kier alpha value is -0.940. The molecule has 0 fully saturated rings. The number of carbonyl (C=O) groups excluding carboxylic acids is 1. The number of hydrogen-bond donors (Lipinski definition) is 0. The molecule has 0 bridgehead atoms. The molecule has 0 atom stereocenters. The highest BCUT2D eigenvalue weighted by Gasteiger charge is 2.12. The maximum atomic E-state index is 12.6. The summed E-state index contributed by atoms with van der Waals surface area (Å²) in [4.78, 5) is 11.2. The Morgan fingerprint density at radius 2 is 1.76 bits per heavy atom. The Morgan fingerprint density at radius 3 is 2.24 bits per heavy atom. The number of alkyl halides is 1. The molecule has 0 spiro atoms. The van der Waals surface area contributed by atoms with Crippen molar-refractivity contribution in [1.29, 1.82) is 0 Å². The molecule has 1 aromatic rings. The number of ketones is 1. The first kappa shape index (κ1) is 14.1. The third-order valence-corrected chi connectivity index (χ3v) is 3.35. The lowest BCUT2D eigenvalue weighted by Gasteiger charge is -2.01. The summed E-state index contributed by atoms with van der Waals surface area (Å²) in [5.74, 6) is 0.407. The van der Waals surface area contributed by atoms with Crippen LogP contribution in [0.1, 0.15) is 29.6 Å². The van der Waals surface area contributed by atoms with Crippen LogP contribution in [0.25, 0.3) is 0 Å². The fourth-order valence-electron chi connectivity index (χ4n) is 1.33. The van der Waals surface area contributed by atoms with E-state index in [0.717, 1.165) is 18.6 Å². The second-order valence-corrected chi connectivity index (χ2v) is 5.26. The maximum Gasteiger partial charge on any atom is 0.332 e. The first-order valence-corrected chi connectivity index (χ1v) is 7.01. The number of carbonyl (C=O) groups is 1. The van der Waals surface area contributed by atoms with E-state index in [4.69, 9.17) is 11.6 Å². The minimum absolute atomic E-state index is 0.0991. The van der Waals surface area contributed by atoms with Gasteiger partial charge in [-0.15, -0.1) is 15.5 Å². The molecule has 0 unspecified atom stereocenters. The molecular formula is C11H12ClFO3S. The van der Waals surface area contributed by atoms with Gasteiger partial charge < -0.3 is 0 Å². The molecule has 17 heavy (non-hydrogen) atoms. The first-order valence-electron chi connectivity index (χ1n) is 5.09. The number of hydrogen-bond acceptors (Lipinski definition) is 3. The predicted molar refractivity (Wildman–Crippen MR) is 63.6 cm³/mol. The first-order chi connectivity index (χ1) is 7.95. The lowest BCUT2D eigenvalue weighted by Crippen LogP contribution is -2.00. The van der Waals surface area contributed by atoms with Crippen molar-refractivity contribution in [3.8, 4) is 0 Å². The van der Waals surface area contributed by atoms with E-state index in [1.165, 1.54) is 12.1 Å². The normalized spacial score (nSPS) is 11.4. The summed E-state index contributed by atoms with van der Waals surface area (Å²) in [6, 6.07) is 4.80. The smallest absolute Gasteiger partial charge is 0.294 e. The van der Waals surface area contributed by atoms with E-state index in [2.05, 4.69) is 0 Å². The highest BCUT2D eigenvalue weighted by atomic mass is 35.5. The molecule has 3 nitrogen and oxygen atoms in total. The van der Waals surface area contributed by atoms with Gasteiger partial charge in [0, 0.05) is 17.9 Å². The molecule has 0 aromatic heterocycles. The predicted octanol–water partition coefficient (Wildman–Crippen LogP) is 2.94. The minimum atomic E-state index is -4.69. The fraction of sp³-hybridized carbons (Fsp3) is 0.364. The van der Waals surface area contributed by atoms with Gasteiger partial charge in [0.05, 0.1) is 4.90 Å². The Balaban J connectivity index is 2.71. The molecule has 0 aliphatic heterocycles. The quantitative estimate of drug-likeness (QED) is 0.348. The van der Waals surface area contributed by atoms with Gasteiger partial charge in [-0.25, -0.2) is 0 Å². The molecular weight excluding hydrogens is 267 g/mol. The summed E-state index contributed by atoms with van der Waals surface area (Å²) in [7, 11) is -4.69. The number of benzene rings is 1. The van der Waals surface area contributed by atoms with Crippen LogP contribution in [0, 0.1) is 0 Å². The number of rotatable bonds is 6. The van der Waals surface area contributed by atoms with Crippen molar-refractivity contribution in [1.82, 2.24) is 0 Å². The van der Waals surface area contributed by atoms with Gasteiger partial charge in [0.2, 0.25) is 0 Å². The zero-order chi connectivity index (χ0) is 12.9. The summed E-state index contributed by atoms with van der Waals surface area (Å²) in [5, 5.41) is 0. The van der Waals surface area contributed by atoms with E-state index < -0.39 is 15.1 Å². The van der Waals surface area contributed by atoms with Crippen molar-refractivity contribution in [3.05, 3.63) is 29.8 Å². The molecule has 0 saturated carbocycles. The number of halogens is 2. The van der Waals surface area contributed by atoms with Crippen molar-refractivity contribution < 1.29 is 17.1 Å². The molecule has 6 heteroatoms. The van der Waals surface area contributed by atoms with Gasteiger partial charge in [-0.05, 0) is 25.0 Å². The Kier molecular flexibility index (Phi) is 5.08. The van der Waals surface area contributed by atoms with Gasteiger partial charge in [0.25, 0.3) is 0 Å². The summed E-state index contributed by atoms with van der Waals surface area (Å²) in [5.41, 5.74) is 0.381. The lowest BCUT2D eigenvalue weighted by atomic mass is 10.1. The number of unbranched alkanes of at least 4 members (excludes halogenated alkanes) is 1. The second kappa shape index (κ2) is 6.12. The Morgan fingerprint density at radius 1 is 1.18 bits per heavy atom. The molecule has 1 rings (SSSR count). The Labute approximate surface area is 105 Å². The van der Waals surface area contributed by atoms with Crippen molar-refractivity contribution in [2.24, 2.45) is 0 Å². The van der Waals surface area contributed by atoms with Crippen molar-refractivity contribution in [2.45, 2.75) is 24.2 Å². The third kappa shape index (κ3) is 4.44. The van der Waals surface area contributed by atoms with E-state index in [1.54, 1.807) is 0 Å². The average molecular weight is 279 g/mol. The summed E-state index contributed by atoms with van der Waals surface area (Å²) in [6.45, 7) is 0. The van der Waals surface area contributed by atoms with Crippen LogP contribution in [-0.4, -0.2) is 20.1 Å². The van der Waals surface area contributed by atoms with E-state index >= 15 is 0 Å². The molecule has 0 amide bonds. The maximum absolute atomic E-state index is 12.6. The highest BCUT2D eigenvalue weighted by molar-refractivity contribution is 7.86. The van der Waals surface area contributed by atoms with Crippen LogP contribution < -0.4 is 0 Å². The topological polar surface area (TPSA) is 51.2 Å². The highest BCUT2D eigenvalue weighted by Crippen LogP contribution is 2.14. The molecule has 0 aliphatic carbocycles. The summed E-state index contributed by atoms with van der Waals surface area (Å²) < 4.78 is 33.7. The molecule has 0 heterocycles. The zero-order valence-electron chi connectivity index (χ0n) is 9.03. The van der Waals surface area contributed by atoms with Crippen LogP contribution in [0.3, 0.4) is 0 Å². The van der Waals surface area contributed by atoms with Crippen molar-refractivity contribution >= 4 is 27.6 Å². The lowest BCUT2D eigenvalue weighted by molar-refractivity contribution is 0.0980. The third-order valence-electron chi connectivity index (χ3n) is 2.25. The van der Waals surface area contributed by atoms with Gasteiger partial charge in [-0.3, -0.25) is 4.79 Å². The van der Waals surface area contributed by atoms with E-state index in [1.807, 2.05) is 0 Å². The minimum Gasteiger partial charge on any atom is -0.294 e. The van der Waals surface area contributed by atoms with Crippen LogP contribution in [0.4, 0.5) is 3.89 Å². The summed E-state index contributed by atoms with van der Waals surface area (Å²) >= 11 is 5.48. The van der Waals surface area contributed by atoms with Crippen LogP contribution in [0.5, 0.6) is 0 Å². The number of Topliss-reactive ketones (excluding diaryl/α,β-unsaturated/α-hetero) is 1. The molecule has 94 valence electrons. The molecule has 0 N–H and O–H groups in total. The van der Waals surface area contributed by atoms with Crippen LogP contribution >= 0.6 is 11.6 Å². The van der Waals surface area contributed by atoms with Crippen molar-refractivity contribution in [2.75, 3.05) is 5.88 Å². The van der Waals surface area contributed by atoms with Crippen molar-refractivity contribution in [3.63, 3.8) is 0 Å². The Bertz CT molecular complexity index is 482. The van der Waals surface area contributed by atoms with Crippen LogP contribution in [0.2, 0.25) is 0 Å². The van der Waals surface area contributed by atoms with Gasteiger partial charge in [-0.2, -0.15) is 8.42 Å². The van der Waals surface area contributed by atoms with E-state index in [9.17, 15) is 17.1 Å². The van der Waals surface area contributed by atoms with Gasteiger partial charge in [-0.1, -0.05) is 12.1 Å².